The van der Waals surface area contributed by atoms with Gasteiger partial charge in [0.1, 0.15) is 0 Å². The molecule has 2 aliphatic heterocycles. The number of aromatic nitrogens is 4. The zero-order chi connectivity index (χ0) is 25.1. The Morgan fingerprint density at radius 1 is 1.17 bits per heavy atom. The fourth-order valence-electron chi connectivity index (χ4n) is 5.02. The highest BCUT2D eigenvalue weighted by Crippen LogP contribution is 2.41. The van der Waals surface area contributed by atoms with Crippen molar-refractivity contribution in [1.29, 1.82) is 0 Å². The monoisotopic (exact) mass is 501 g/mol. The van der Waals surface area contributed by atoms with Crippen LogP contribution in [-0.4, -0.2) is 49.3 Å². The molecule has 36 heavy (non-hydrogen) atoms. The highest BCUT2D eigenvalue weighted by Gasteiger charge is 2.43. The lowest BCUT2D eigenvalue weighted by molar-refractivity contribution is -0.117. The van der Waals surface area contributed by atoms with Gasteiger partial charge in [-0.1, -0.05) is 5.16 Å². The number of hydrogen-bond acceptors (Lipinski definition) is 6. The summed E-state index contributed by atoms with van der Waals surface area (Å²) in [5, 5.41) is 10.9. The zero-order valence-corrected chi connectivity index (χ0v) is 19.2. The summed E-state index contributed by atoms with van der Waals surface area (Å²) in [7, 11) is 0. The third kappa shape index (κ3) is 3.88. The molecule has 1 aromatic carbocycles. The Hall–Kier alpha value is -3.90. The SMILES string of the molecule is Cc1nc(C2CC(=O)N(c3cnn4c3CN(C(=O)Nc3cc(F)c(F)c(F)c3)C(C3CC3)C4)C2)no1. The number of anilines is 2. The van der Waals surface area contributed by atoms with Crippen molar-refractivity contribution in [2.24, 2.45) is 5.92 Å². The summed E-state index contributed by atoms with van der Waals surface area (Å²) in [5.74, 6) is -3.54. The van der Waals surface area contributed by atoms with Crippen LogP contribution in [0.4, 0.5) is 29.3 Å². The van der Waals surface area contributed by atoms with Crippen molar-refractivity contribution in [3.05, 3.63) is 53.2 Å². The Balaban J connectivity index is 1.26. The van der Waals surface area contributed by atoms with E-state index in [-0.39, 0.29) is 42.4 Å². The number of aryl methyl sites for hydroxylation is 1. The number of nitrogens with zero attached hydrogens (tertiary/aromatic N) is 6. The van der Waals surface area contributed by atoms with Gasteiger partial charge in [-0.25, -0.2) is 18.0 Å². The van der Waals surface area contributed by atoms with Crippen LogP contribution in [0.3, 0.4) is 0 Å². The summed E-state index contributed by atoms with van der Waals surface area (Å²) in [6.45, 7) is 2.60. The number of carbonyl (C=O) groups is 2. The largest absolute Gasteiger partial charge is 0.340 e. The van der Waals surface area contributed by atoms with E-state index in [1.807, 2.05) is 0 Å². The summed E-state index contributed by atoms with van der Waals surface area (Å²) < 4.78 is 47.6. The molecule has 3 aliphatic rings. The van der Waals surface area contributed by atoms with Crippen molar-refractivity contribution in [3.8, 4) is 0 Å². The van der Waals surface area contributed by atoms with Gasteiger partial charge in [0.25, 0.3) is 0 Å². The summed E-state index contributed by atoms with van der Waals surface area (Å²) in [6.07, 6.45) is 3.75. The molecule has 2 unspecified atom stereocenters. The summed E-state index contributed by atoms with van der Waals surface area (Å²) in [4.78, 5) is 33.6. The lowest BCUT2D eigenvalue weighted by atomic mass is 10.1. The van der Waals surface area contributed by atoms with E-state index >= 15 is 0 Å². The minimum Gasteiger partial charge on any atom is -0.340 e. The van der Waals surface area contributed by atoms with Crippen LogP contribution < -0.4 is 10.2 Å². The second-order valence-electron chi connectivity index (χ2n) is 9.45. The molecule has 0 bridgehead atoms. The topological polar surface area (TPSA) is 109 Å². The Kier molecular flexibility index (Phi) is 5.23. The number of carbonyl (C=O) groups excluding carboxylic acids is 2. The zero-order valence-electron chi connectivity index (χ0n) is 19.2. The first-order valence-corrected chi connectivity index (χ1v) is 11.7. The van der Waals surface area contributed by atoms with Gasteiger partial charge in [-0.2, -0.15) is 10.1 Å². The highest BCUT2D eigenvalue weighted by molar-refractivity contribution is 5.97. The molecule has 13 heteroatoms. The van der Waals surface area contributed by atoms with Gasteiger partial charge in [-0.05, 0) is 18.8 Å². The first-order chi connectivity index (χ1) is 17.3. The van der Waals surface area contributed by atoms with Crippen molar-refractivity contribution >= 4 is 23.3 Å². The van der Waals surface area contributed by atoms with Crippen molar-refractivity contribution in [3.63, 3.8) is 0 Å². The molecule has 6 rings (SSSR count). The second kappa shape index (κ2) is 8.35. The lowest BCUT2D eigenvalue weighted by Gasteiger charge is -2.37. The molecule has 1 N–H and O–H groups in total. The van der Waals surface area contributed by atoms with Gasteiger partial charge in [0, 0.05) is 43.6 Å². The van der Waals surface area contributed by atoms with Gasteiger partial charge >= 0.3 is 6.03 Å². The standard InChI is InChI=1S/C23H22F3N7O3/c1-11-28-22(30-36-11)13-4-20(34)31(8-13)17-7-27-33-10-18(12-2-3-12)32(9-19(17)33)23(35)29-14-5-15(24)21(26)16(25)6-14/h5-7,12-13,18H,2-4,8-10H2,1H3,(H,29,35). The maximum Gasteiger partial charge on any atom is 0.322 e. The molecule has 1 saturated heterocycles. The van der Waals surface area contributed by atoms with E-state index in [1.54, 1.807) is 27.6 Å². The van der Waals surface area contributed by atoms with Gasteiger partial charge in [0.05, 0.1) is 36.7 Å². The van der Waals surface area contributed by atoms with Crippen molar-refractivity contribution in [2.75, 3.05) is 16.8 Å². The Bertz CT molecular complexity index is 1350. The molecule has 1 saturated carbocycles. The smallest absolute Gasteiger partial charge is 0.322 e. The van der Waals surface area contributed by atoms with E-state index < -0.39 is 23.5 Å². The number of benzene rings is 1. The molecule has 1 aliphatic carbocycles. The Labute approximate surface area is 203 Å². The molecule has 2 fully saturated rings. The normalized spacial score (nSPS) is 21.7. The van der Waals surface area contributed by atoms with Gasteiger partial charge in [0.2, 0.25) is 11.8 Å². The van der Waals surface area contributed by atoms with Gasteiger partial charge in [0.15, 0.2) is 23.3 Å². The number of nitrogens with one attached hydrogen (secondary N) is 1. The predicted octanol–water partition coefficient (Wildman–Crippen LogP) is 3.34. The van der Waals surface area contributed by atoms with Crippen LogP contribution in [-0.2, 0) is 17.9 Å². The number of fused-ring (bicyclic) bond motifs is 1. The summed E-state index contributed by atoms with van der Waals surface area (Å²) >= 11 is 0. The first-order valence-electron chi connectivity index (χ1n) is 11.7. The van der Waals surface area contributed by atoms with E-state index in [4.69, 9.17) is 4.52 Å². The predicted molar refractivity (Wildman–Crippen MR) is 118 cm³/mol. The maximum absolute atomic E-state index is 13.7. The summed E-state index contributed by atoms with van der Waals surface area (Å²) in [6, 6.07) is 0.739. The van der Waals surface area contributed by atoms with Gasteiger partial charge in [-0.15, -0.1) is 0 Å². The number of urea groups is 1. The summed E-state index contributed by atoms with van der Waals surface area (Å²) in [5.41, 5.74) is 1.09. The van der Waals surface area contributed by atoms with Crippen LogP contribution in [0.15, 0.2) is 22.9 Å². The third-order valence-corrected chi connectivity index (χ3v) is 6.99. The molecule has 3 aromatic rings. The van der Waals surface area contributed by atoms with Crippen molar-refractivity contribution in [1.82, 2.24) is 24.8 Å². The first kappa shape index (κ1) is 22.6. The number of rotatable bonds is 4. The van der Waals surface area contributed by atoms with Crippen LogP contribution in [0, 0.1) is 30.3 Å². The number of amides is 3. The molecule has 3 amide bonds. The van der Waals surface area contributed by atoms with Crippen molar-refractivity contribution < 1.29 is 27.3 Å². The van der Waals surface area contributed by atoms with E-state index in [1.165, 1.54) is 0 Å². The molecule has 10 nitrogen and oxygen atoms in total. The molecule has 2 atom stereocenters. The minimum absolute atomic E-state index is 0.115. The van der Waals surface area contributed by atoms with Crippen LogP contribution >= 0.6 is 0 Å². The average Bonchev–Trinajstić information content (AvgIpc) is 3.29. The van der Waals surface area contributed by atoms with E-state index in [0.29, 0.717) is 36.2 Å². The second-order valence-corrected chi connectivity index (χ2v) is 9.45. The van der Waals surface area contributed by atoms with Crippen LogP contribution in [0.25, 0.3) is 0 Å². The third-order valence-electron chi connectivity index (χ3n) is 6.99. The van der Waals surface area contributed by atoms with Crippen LogP contribution in [0.1, 0.15) is 42.6 Å². The Morgan fingerprint density at radius 3 is 2.58 bits per heavy atom. The quantitative estimate of drug-likeness (QED) is 0.550. The lowest BCUT2D eigenvalue weighted by Crippen LogP contribution is -2.49. The molecular weight excluding hydrogens is 479 g/mol. The average molecular weight is 501 g/mol. The van der Waals surface area contributed by atoms with E-state index in [2.05, 4.69) is 20.6 Å². The molecule has 4 heterocycles. The molecular formula is C23H22F3N7O3. The van der Waals surface area contributed by atoms with Gasteiger partial charge in [-0.3, -0.25) is 9.48 Å². The highest BCUT2D eigenvalue weighted by atomic mass is 19.2. The van der Waals surface area contributed by atoms with Crippen LogP contribution in [0.2, 0.25) is 0 Å². The Morgan fingerprint density at radius 2 is 1.92 bits per heavy atom. The van der Waals surface area contributed by atoms with Crippen LogP contribution in [0.5, 0.6) is 0 Å². The molecule has 2 aromatic heterocycles. The number of halogens is 3. The van der Waals surface area contributed by atoms with E-state index in [0.717, 1.165) is 25.0 Å². The fourth-order valence-corrected chi connectivity index (χ4v) is 5.02. The number of hydrogen-bond donors (Lipinski definition) is 1. The molecule has 188 valence electrons. The van der Waals surface area contributed by atoms with Gasteiger partial charge < -0.3 is 19.6 Å². The molecule has 0 spiro atoms. The van der Waals surface area contributed by atoms with E-state index in [9.17, 15) is 22.8 Å². The maximum atomic E-state index is 13.7. The fraction of sp³-hybridized carbons (Fsp3) is 0.435. The minimum atomic E-state index is -1.60. The van der Waals surface area contributed by atoms with Crippen molar-refractivity contribution in [2.45, 2.75) is 51.2 Å². The molecule has 0 radical (unpaired) electrons.